The molecule has 1 atom stereocenters. The summed E-state index contributed by atoms with van der Waals surface area (Å²) in [7, 11) is 0. The van der Waals surface area contributed by atoms with E-state index >= 15 is 0 Å². The van der Waals surface area contributed by atoms with E-state index in [4.69, 9.17) is 4.42 Å². The molecule has 0 N–H and O–H groups in total. The smallest absolute Gasteiger partial charge is 0.290 e. The van der Waals surface area contributed by atoms with Crippen molar-refractivity contribution in [3.63, 3.8) is 0 Å². The Morgan fingerprint density at radius 1 is 1.30 bits per heavy atom. The van der Waals surface area contributed by atoms with Crippen molar-refractivity contribution in [2.45, 2.75) is 45.7 Å². The second kappa shape index (κ2) is 5.11. The lowest BCUT2D eigenvalue weighted by molar-refractivity contribution is 0.0608. The number of furan rings is 1. The number of Topliss-reactive ketones (excluding diaryl/α,β-unsaturated/α-hetero) is 1. The van der Waals surface area contributed by atoms with Gasteiger partial charge in [-0.25, -0.2) is 0 Å². The first-order chi connectivity index (χ1) is 11.1. The number of carbonyl (C=O) groups excluding carboxylic acids is 2. The highest BCUT2D eigenvalue weighted by Crippen LogP contribution is 2.33. The molecule has 2 aromatic rings. The summed E-state index contributed by atoms with van der Waals surface area (Å²) in [5.41, 5.74) is 2.49. The minimum atomic E-state index is -0.107. The van der Waals surface area contributed by atoms with Crippen molar-refractivity contribution >= 4 is 11.7 Å². The number of rotatable bonds is 1. The van der Waals surface area contributed by atoms with Gasteiger partial charge < -0.3 is 13.9 Å². The fourth-order valence-corrected chi connectivity index (χ4v) is 3.84. The molecule has 0 fully saturated rings. The molecule has 2 aliphatic rings. The fraction of sp³-hybridized carbons (Fsp3) is 0.444. The Morgan fingerprint density at radius 3 is 2.91 bits per heavy atom. The zero-order valence-electron chi connectivity index (χ0n) is 13.5. The Bertz CT molecular complexity index is 799. The van der Waals surface area contributed by atoms with Crippen molar-refractivity contribution in [3.05, 3.63) is 46.7 Å². The number of nitrogens with zero attached hydrogens (tertiary/aromatic N) is 2. The monoisotopic (exact) mass is 312 g/mol. The van der Waals surface area contributed by atoms with Crippen LogP contribution in [0.3, 0.4) is 0 Å². The van der Waals surface area contributed by atoms with Gasteiger partial charge in [0.15, 0.2) is 11.5 Å². The van der Waals surface area contributed by atoms with Crippen LogP contribution in [0.4, 0.5) is 0 Å². The Hall–Kier alpha value is -2.30. The van der Waals surface area contributed by atoms with Gasteiger partial charge in [0, 0.05) is 43.4 Å². The number of aromatic nitrogens is 1. The lowest BCUT2D eigenvalue weighted by atomic mass is 9.94. The molecule has 120 valence electrons. The maximum Gasteiger partial charge on any atom is 0.290 e. The minimum absolute atomic E-state index is 0.00322. The Morgan fingerprint density at radius 2 is 2.13 bits per heavy atom. The molecule has 1 aliphatic carbocycles. The fourth-order valence-electron chi connectivity index (χ4n) is 3.84. The largest absolute Gasteiger partial charge is 0.455 e. The lowest BCUT2D eigenvalue weighted by Gasteiger charge is -2.34. The van der Waals surface area contributed by atoms with Crippen LogP contribution in [0.1, 0.15) is 63.7 Å². The molecule has 3 heterocycles. The van der Waals surface area contributed by atoms with Gasteiger partial charge in [-0.05, 0) is 32.4 Å². The van der Waals surface area contributed by atoms with Crippen LogP contribution < -0.4 is 0 Å². The Balaban J connectivity index is 1.70. The SMILES string of the molecule is Cc1c(C(=O)N2CCn3cccc3C2C)oc2c1C(=O)CCC2. The van der Waals surface area contributed by atoms with Crippen molar-refractivity contribution < 1.29 is 14.0 Å². The van der Waals surface area contributed by atoms with Gasteiger partial charge >= 0.3 is 0 Å². The van der Waals surface area contributed by atoms with Gasteiger partial charge in [0.05, 0.1) is 11.6 Å². The van der Waals surface area contributed by atoms with Crippen LogP contribution in [0, 0.1) is 6.92 Å². The quantitative estimate of drug-likeness (QED) is 0.813. The molecular formula is C18H20N2O3. The number of amides is 1. The molecule has 0 aromatic carbocycles. The van der Waals surface area contributed by atoms with E-state index in [1.54, 1.807) is 0 Å². The third-order valence-corrected chi connectivity index (χ3v) is 5.10. The summed E-state index contributed by atoms with van der Waals surface area (Å²) < 4.78 is 8.00. The van der Waals surface area contributed by atoms with Crippen molar-refractivity contribution in [2.75, 3.05) is 6.54 Å². The van der Waals surface area contributed by atoms with E-state index < -0.39 is 0 Å². The second-order valence-electron chi connectivity index (χ2n) is 6.43. The van der Waals surface area contributed by atoms with E-state index in [1.807, 2.05) is 37.1 Å². The third-order valence-electron chi connectivity index (χ3n) is 5.10. The maximum absolute atomic E-state index is 13.0. The predicted molar refractivity (Wildman–Crippen MR) is 84.6 cm³/mol. The highest BCUT2D eigenvalue weighted by molar-refractivity contribution is 6.03. The predicted octanol–water partition coefficient (Wildman–Crippen LogP) is 3.13. The zero-order valence-corrected chi connectivity index (χ0v) is 13.5. The maximum atomic E-state index is 13.0. The molecule has 4 rings (SSSR count). The first-order valence-electron chi connectivity index (χ1n) is 8.19. The Kier molecular flexibility index (Phi) is 3.18. The molecule has 23 heavy (non-hydrogen) atoms. The van der Waals surface area contributed by atoms with Gasteiger partial charge in [-0.15, -0.1) is 0 Å². The van der Waals surface area contributed by atoms with Gasteiger partial charge in [0.1, 0.15) is 5.76 Å². The first kappa shape index (κ1) is 14.3. The molecular weight excluding hydrogens is 292 g/mol. The van der Waals surface area contributed by atoms with Crippen LogP contribution in [-0.4, -0.2) is 27.7 Å². The van der Waals surface area contributed by atoms with Gasteiger partial charge in [0.2, 0.25) is 0 Å². The summed E-state index contributed by atoms with van der Waals surface area (Å²) in [5, 5.41) is 0. The van der Waals surface area contributed by atoms with Crippen molar-refractivity contribution in [3.8, 4) is 0 Å². The van der Waals surface area contributed by atoms with Gasteiger partial charge in [0.25, 0.3) is 5.91 Å². The summed E-state index contributed by atoms with van der Waals surface area (Å²) in [6.45, 7) is 5.31. The van der Waals surface area contributed by atoms with Gasteiger partial charge in [-0.1, -0.05) is 0 Å². The minimum Gasteiger partial charge on any atom is -0.455 e. The number of fused-ring (bicyclic) bond motifs is 2. The summed E-state index contributed by atoms with van der Waals surface area (Å²) in [6, 6.07) is 4.06. The van der Waals surface area contributed by atoms with Gasteiger partial charge in [-0.2, -0.15) is 0 Å². The molecule has 0 saturated heterocycles. The van der Waals surface area contributed by atoms with E-state index in [0.29, 0.717) is 35.6 Å². The zero-order chi connectivity index (χ0) is 16.1. The molecule has 0 bridgehead atoms. The second-order valence-corrected chi connectivity index (χ2v) is 6.43. The van der Waals surface area contributed by atoms with Gasteiger partial charge in [-0.3, -0.25) is 9.59 Å². The van der Waals surface area contributed by atoms with E-state index in [9.17, 15) is 9.59 Å². The van der Waals surface area contributed by atoms with Crippen LogP contribution in [-0.2, 0) is 13.0 Å². The molecule has 0 spiro atoms. The molecule has 2 aromatic heterocycles. The van der Waals surface area contributed by atoms with Crippen molar-refractivity contribution in [2.24, 2.45) is 0 Å². The summed E-state index contributed by atoms with van der Waals surface area (Å²) in [6.07, 6.45) is 4.14. The number of hydrogen-bond acceptors (Lipinski definition) is 3. The molecule has 5 nitrogen and oxygen atoms in total. The van der Waals surface area contributed by atoms with Crippen LogP contribution in [0.2, 0.25) is 0 Å². The van der Waals surface area contributed by atoms with Crippen LogP contribution in [0.25, 0.3) is 0 Å². The van der Waals surface area contributed by atoms with E-state index in [-0.39, 0.29) is 17.7 Å². The van der Waals surface area contributed by atoms with E-state index in [0.717, 1.165) is 25.1 Å². The first-order valence-corrected chi connectivity index (χ1v) is 8.19. The lowest BCUT2D eigenvalue weighted by Crippen LogP contribution is -2.40. The van der Waals surface area contributed by atoms with Crippen LogP contribution >= 0.6 is 0 Å². The number of hydrogen-bond donors (Lipinski definition) is 0. The third kappa shape index (κ3) is 2.06. The van der Waals surface area contributed by atoms with E-state index in [1.165, 1.54) is 0 Å². The summed E-state index contributed by atoms with van der Waals surface area (Å²) in [4.78, 5) is 27.0. The van der Waals surface area contributed by atoms with Crippen LogP contribution in [0.5, 0.6) is 0 Å². The standard InChI is InChI=1S/C18H20N2O3/c1-11-16-14(21)6-3-7-15(16)23-17(11)18(22)20-10-9-19-8-4-5-13(19)12(20)2/h4-5,8,12H,3,6-7,9-10H2,1-2H3. The van der Waals surface area contributed by atoms with Crippen LogP contribution in [0.15, 0.2) is 22.7 Å². The normalized spacial score (nSPS) is 20.3. The van der Waals surface area contributed by atoms with E-state index in [2.05, 4.69) is 4.57 Å². The summed E-state index contributed by atoms with van der Waals surface area (Å²) in [5.74, 6) is 1.03. The number of ketones is 1. The molecule has 0 radical (unpaired) electrons. The molecule has 1 aliphatic heterocycles. The topological polar surface area (TPSA) is 55.5 Å². The molecule has 5 heteroatoms. The average Bonchev–Trinajstić information content (AvgIpc) is 3.13. The molecule has 0 saturated carbocycles. The van der Waals surface area contributed by atoms with Crippen molar-refractivity contribution in [1.29, 1.82) is 0 Å². The number of carbonyl (C=O) groups is 2. The highest BCUT2D eigenvalue weighted by atomic mass is 16.4. The Labute approximate surface area is 134 Å². The highest BCUT2D eigenvalue weighted by Gasteiger charge is 2.34. The molecule has 1 unspecified atom stereocenters. The number of aryl methyl sites for hydroxylation is 1. The van der Waals surface area contributed by atoms with Crippen molar-refractivity contribution in [1.82, 2.24) is 9.47 Å². The molecule has 1 amide bonds. The average molecular weight is 312 g/mol. The summed E-state index contributed by atoms with van der Waals surface area (Å²) >= 11 is 0.